The lowest BCUT2D eigenvalue weighted by Gasteiger charge is -2.39. The van der Waals surface area contributed by atoms with Crippen LogP contribution in [-0.4, -0.2) is 89.5 Å². The van der Waals surface area contributed by atoms with Crippen molar-refractivity contribution in [2.45, 2.75) is 135 Å². The Bertz CT molecular complexity index is 746. The van der Waals surface area contributed by atoms with Crippen LogP contribution in [0.5, 0.6) is 0 Å². The summed E-state index contributed by atoms with van der Waals surface area (Å²) < 4.78 is 18.3. The van der Waals surface area contributed by atoms with Gasteiger partial charge in [0.2, 0.25) is 5.91 Å². The van der Waals surface area contributed by atoms with E-state index in [9.17, 15) is 19.8 Å². The largest absolute Gasteiger partial charge is 0.459 e. The first-order valence-electron chi connectivity index (χ1n) is 14.0. The third-order valence-electron chi connectivity index (χ3n) is 8.12. The molecule has 1 amide bonds. The van der Waals surface area contributed by atoms with Crippen LogP contribution in [0.2, 0.25) is 0 Å². The van der Waals surface area contributed by atoms with Crippen LogP contribution in [0, 0.1) is 17.8 Å². The molecule has 9 heteroatoms. The summed E-state index contributed by atoms with van der Waals surface area (Å²) in [6, 6.07) is 0.147. The highest BCUT2D eigenvalue weighted by atomic mass is 16.7. The monoisotopic (exact) mass is 528 g/mol. The summed E-state index contributed by atoms with van der Waals surface area (Å²) in [7, 11) is 4.12. The van der Waals surface area contributed by atoms with Crippen LogP contribution in [0.15, 0.2) is 0 Å². The molecule has 8 unspecified atom stereocenters. The zero-order chi connectivity index (χ0) is 28.1. The van der Waals surface area contributed by atoms with Crippen LogP contribution >= 0.6 is 0 Å². The molecule has 9 nitrogen and oxygen atoms in total. The third-order valence-corrected chi connectivity index (χ3v) is 8.12. The summed E-state index contributed by atoms with van der Waals surface area (Å²) in [4.78, 5) is 28.2. The molecule has 0 aromatic carbocycles. The van der Waals surface area contributed by atoms with Crippen LogP contribution in [0.3, 0.4) is 0 Å². The van der Waals surface area contributed by atoms with Crippen molar-refractivity contribution < 1.29 is 34.0 Å². The summed E-state index contributed by atoms with van der Waals surface area (Å²) in [5.41, 5.74) is -1.38. The van der Waals surface area contributed by atoms with Crippen molar-refractivity contribution in [1.29, 1.82) is 0 Å². The van der Waals surface area contributed by atoms with Gasteiger partial charge in [0, 0.05) is 24.4 Å². The van der Waals surface area contributed by atoms with E-state index in [1.807, 2.05) is 27.7 Å². The standard InChI is InChI=1S/C28H52N2O7/c1-10-23-28(7,34)15-17(3)26(32)29-18(4)12-22(11-16(2)25(31)20(6)27(33)37-23)36-24-14-21(30(8)9)13-19(5)35-24/h16-25,31,34H,10-15H2,1-9H3,(H,29,32)/t16?,17-,18-,19?,20?,21?,22?,23?,24?,25?,28+/m1/s1. The Kier molecular flexibility index (Phi) is 11.8. The van der Waals surface area contributed by atoms with Gasteiger partial charge in [0.25, 0.3) is 0 Å². The van der Waals surface area contributed by atoms with Gasteiger partial charge in [-0.15, -0.1) is 0 Å². The first kappa shape index (κ1) is 32.0. The number of carbonyl (C=O) groups excluding carboxylic acids is 2. The highest BCUT2D eigenvalue weighted by Crippen LogP contribution is 2.30. The number of cyclic esters (lactones) is 1. The fraction of sp³-hybridized carbons (Fsp3) is 0.929. The quantitative estimate of drug-likeness (QED) is 0.477. The minimum atomic E-state index is -1.38. The van der Waals surface area contributed by atoms with Gasteiger partial charge in [-0.2, -0.15) is 0 Å². The molecule has 2 aliphatic rings. The number of esters is 1. The third kappa shape index (κ3) is 9.17. The van der Waals surface area contributed by atoms with Crippen LogP contribution in [0.4, 0.5) is 0 Å². The predicted molar refractivity (Wildman–Crippen MR) is 142 cm³/mol. The number of hydrogen-bond donors (Lipinski definition) is 3. The number of rotatable bonds is 4. The SMILES string of the molecule is CCC1OC(=O)C(C)C(O)C(C)CC(OC2CC(N(C)C)CC(C)O2)C[C@@H](C)NC(=O)[C@H](C)C[C@]1(C)O. The number of carbonyl (C=O) groups is 2. The van der Waals surface area contributed by atoms with Gasteiger partial charge in [-0.1, -0.05) is 20.8 Å². The van der Waals surface area contributed by atoms with Gasteiger partial charge in [-0.25, -0.2) is 0 Å². The molecular weight excluding hydrogens is 476 g/mol. The Morgan fingerprint density at radius 2 is 1.73 bits per heavy atom. The lowest BCUT2D eigenvalue weighted by Crippen LogP contribution is -2.47. The molecule has 216 valence electrons. The van der Waals surface area contributed by atoms with E-state index in [1.54, 1.807) is 20.8 Å². The van der Waals surface area contributed by atoms with Gasteiger partial charge < -0.3 is 34.6 Å². The fourth-order valence-electron chi connectivity index (χ4n) is 5.77. The first-order chi connectivity index (χ1) is 17.1. The van der Waals surface area contributed by atoms with Gasteiger partial charge in [-0.05, 0) is 79.8 Å². The maximum Gasteiger partial charge on any atom is 0.311 e. The lowest BCUT2D eigenvalue weighted by molar-refractivity contribution is -0.226. The smallest absolute Gasteiger partial charge is 0.311 e. The van der Waals surface area contributed by atoms with E-state index in [1.165, 1.54) is 0 Å². The molecule has 0 aromatic rings. The summed E-state index contributed by atoms with van der Waals surface area (Å²) in [5.74, 6) is -2.25. The highest BCUT2D eigenvalue weighted by Gasteiger charge is 2.40. The van der Waals surface area contributed by atoms with Gasteiger partial charge in [-0.3, -0.25) is 9.59 Å². The van der Waals surface area contributed by atoms with Gasteiger partial charge in [0.1, 0.15) is 6.10 Å². The van der Waals surface area contributed by atoms with E-state index < -0.39 is 41.9 Å². The van der Waals surface area contributed by atoms with Crippen molar-refractivity contribution in [3.8, 4) is 0 Å². The van der Waals surface area contributed by atoms with E-state index in [-0.39, 0.29) is 36.5 Å². The summed E-state index contributed by atoms with van der Waals surface area (Å²) in [6.45, 7) is 12.7. The Labute approximate surface area is 223 Å². The van der Waals surface area contributed by atoms with Crippen LogP contribution < -0.4 is 5.32 Å². The molecule has 11 atom stereocenters. The van der Waals surface area contributed by atoms with E-state index in [4.69, 9.17) is 14.2 Å². The van der Waals surface area contributed by atoms with Gasteiger partial charge in [0.15, 0.2) is 6.29 Å². The second-order valence-electron chi connectivity index (χ2n) is 12.2. The maximum atomic E-state index is 13.0. The average Bonchev–Trinajstić information content (AvgIpc) is 2.79. The summed E-state index contributed by atoms with van der Waals surface area (Å²) in [5, 5.41) is 25.3. The van der Waals surface area contributed by atoms with E-state index in [0.717, 1.165) is 12.8 Å². The molecule has 2 aliphatic heterocycles. The minimum absolute atomic E-state index is 0.0588. The molecule has 0 spiro atoms. The summed E-state index contributed by atoms with van der Waals surface area (Å²) in [6.07, 6.45) is 0.861. The molecule has 2 fully saturated rings. The van der Waals surface area contributed by atoms with Crippen LogP contribution in [0.25, 0.3) is 0 Å². The fourth-order valence-corrected chi connectivity index (χ4v) is 5.77. The van der Waals surface area contributed by atoms with Crippen molar-refractivity contribution >= 4 is 11.9 Å². The molecule has 0 radical (unpaired) electrons. The van der Waals surface area contributed by atoms with Crippen LogP contribution in [0.1, 0.15) is 87.0 Å². The van der Waals surface area contributed by atoms with Gasteiger partial charge >= 0.3 is 5.97 Å². The molecule has 0 bridgehead atoms. The Morgan fingerprint density at radius 1 is 1.08 bits per heavy atom. The van der Waals surface area contributed by atoms with Crippen molar-refractivity contribution in [1.82, 2.24) is 10.2 Å². The van der Waals surface area contributed by atoms with Crippen molar-refractivity contribution in [3.05, 3.63) is 0 Å². The normalized spacial score (nSPS) is 43.5. The highest BCUT2D eigenvalue weighted by molar-refractivity contribution is 5.78. The first-order valence-corrected chi connectivity index (χ1v) is 14.0. The Morgan fingerprint density at radius 3 is 2.32 bits per heavy atom. The number of hydrogen-bond acceptors (Lipinski definition) is 8. The van der Waals surface area contributed by atoms with Gasteiger partial charge in [0.05, 0.1) is 29.8 Å². The second kappa shape index (κ2) is 13.7. The molecule has 2 heterocycles. The van der Waals surface area contributed by atoms with Crippen LogP contribution in [-0.2, 0) is 23.8 Å². The lowest BCUT2D eigenvalue weighted by atomic mass is 9.86. The zero-order valence-electron chi connectivity index (χ0n) is 24.4. The average molecular weight is 529 g/mol. The number of nitrogens with zero attached hydrogens (tertiary/aromatic N) is 1. The molecule has 37 heavy (non-hydrogen) atoms. The molecular formula is C28H52N2O7. The number of aliphatic hydroxyl groups excluding tert-OH is 1. The van der Waals surface area contributed by atoms with E-state index in [0.29, 0.717) is 25.3 Å². The maximum absolute atomic E-state index is 13.0. The van der Waals surface area contributed by atoms with Crippen molar-refractivity contribution in [2.24, 2.45) is 17.8 Å². The van der Waals surface area contributed by atoms with E-state index in [2.05, 4.69) is 24.3 Å². The molecule has 2 rings (SSSR count). The molecule has 0 aromatic heterocycles. The number of nitrogens with one attached hydrogen (secondary N) is 1. The summed E-state index contributed by atoms with van der Waals surface area (Å²) >= 11 is 0. The molecule has 0 aliphatic carbocycles. The number of aliphatic hydroxyl groups is 2. The van der Waals surface area contributed by atoms with Crippen molar-refractivity contribution in [3.63, 3.8) is 0 Å². The number of amides is 1. The van der Waals surface area contributed by atoms with E-state index >= 15 is 0 Å². The Balaban J connectivity index is 2.28. The predicted octanol–water partition coefficient (Wildman–Crippen LogP) is 2.86. The molecule has 2 saturated heterocycles. The second-order valence-corrected chi connectivity index (χ2v) is 12.2. The topological polar surface area (TPSA) is 118 Å². The molecule has 0 saturated carbocycles. The zero-order valence-corrected chi connectivity index (χ0v) is 24.4. The molecule has 3 N–H and O–H groups in total. The van der Waals surface area contributed by atoms with Crippen molar-refractivity contribution in [2.75, 3.05) is 14.1 Å². The number of ether oxygens (including phenoxy) is 3. The minimum Gasteiger partial charge on any atom is -0.459 e. The Hall–Kier alpha value is -1.26.